The van der Waals surface area contributed by atoms with Crippen LogP contribution in [0.4, 0.5) is 0 Å². The van der Waals surface area contributed by atoms with E-state index in [-0.39, 0.29) is 0 Å². The lowest BCUT2D eigenvalue weighted by molar-refractivity contribution is 0.940. The van der Waals surface area contributed by atoms with Gasteiger partial charge >= 0.3 is 0 Å². The van der Waals surface area contributed by atoms with E-state index in [1.807, 2.05) is 0 Å². The van der Waals surface area contributed by atoms with Gasteiger partial charge in [0.05, 0.1) is 0 Å². The van der Waals surface area contributed by atoms with Gasteiger partial charge in [0, 0.05) is 0 Å². The van der Waals surface area contributed by atoms with Gasteiger partial charge in [0.1, 0.15) is 0 Å². The van der Waals surface area contributed by atoms with E-state index < -0.39 is 0 Å². The zero-order chi connectivity index (χ0) is 4.20. The zero-order valence-electron chi connectivity index (χ0n) is 3.83. The molecule has 0 aromatic carbocycles. The molecule has 0 N–H and O–H groups in total. The summed E-state index contributed by atoms with van der Waals surface area (Å²) >= 11 is 0. The van der Waals surface area contributed by atoms with Crippen LogP contribution in [0.2, 0.25) is 0 Å². The minimum absolute atomic E-state index is 0.764. The number of allylic oxidation sites excluding steroid dienone is 1. The molecule has 0 radical (unpaired) electrons. The number of rotatable bonds is 0. The molecule has 0 aromatic heterocycles. The highest BCUT2D eigenvalue weighted by atomic mass is 14.6. The molecule has 0 unspecified atom stereocenters. The van der Waals surface area contributed by atoms with Gasteiger partial charge in [0.2, 0.25) is 0 Å². The first kappa shape index (κ1) is 2.84. The van der Waals surface area contributed by atoms with E-state index in [0.717, 1.165) is 5.41 Å². The standard InChI is InChI=1S/C6H8/c1-5-4-6(5)2-3-6/h1-4H2. The summed E-state index contributed by atoms with van der Waals surface area (Å²) in [6.07, 6.45) is 4.25. The Bertz CT molecular complexity index is 107. The summed E-state index contributed by atoms with van der Waals surface area (Å²) in [5.74, 6) is 0. The van der Waals surface area contributed by atoms with Crippen LogP contribution in [0.15, 0.2) is 12.2 Å². The smallest absolute Gasteiger partial charge is 0.00526 e. The average Bonchev–Trinajstić information content (AvgIpc) is 2.25. The van der Waals surface area contributed by atoms with E-state index in [0.29, 0.717) is 0 Å². The summed E-state index contributed by atoms with van der Waals surface area (Å²) in [5.41, 5.74) is 2.28. The molecule has 0 amide bonds. The van der Waals surface area contributed by atoms with Gasteiger partial charge in [-0.2, -0.15) is 0 Å². The maximum atomic E-state index is 3.88. The van der Waals surface area contributed by atoms with E-state index in [1.54, 1.807) is 0 Å². The van der Waals surface area contributed by atoms with E-state index in [2.05, 4.69) is 6.58 Å². The fourth-order valence-electron chi connectivity index (χ4n) is 1.05. The molecule has 1 spiro atoms. The Morgan fingerprint density at radius 2 is 2.00 bits per heavy atom. The quantitative estimate of drug-likeness (QED) is 0.389. The van der Waals surface area contributed by atoms with Gasteiger partial charge in [-0.1, -0.05) is 12.2 Å². The highest BCUT2D eigenvalue weighted by molar-refractivity contribution is 5.36. The summed E-state index contributed by atoms with van der Waals surface area (Å²) in [6.45, 7) is 3.88. The van der Waals surface area contributed by atoms with Crippen molar-refractivity contribution in [2.75, 3.05) is 0 Å². The maximum Gasteiger partial charge on any atom is -0.00526 e. The van der Waals surface area contributed by atoms with Crippen LogP contribution in [0.3, 0.4) is 0 Å². The van der Waals surface area contributed by atoms with Crippen molar-refractivity contribution in [3.63, 3.8) is 0 Å². The molecule has 0 aliphatic heterocycles. The summed E-state index contributed by atoms with van der Waals surface area (Å²) in [7, 11) is 0. The molecule has 32 valence electrons. The lowest BCUT2D eigenvalue weighted by Crippen LogP contribution is -1.54. The summed E-state index contributed by atoms with van der Waals surface area (Å²) in [6, 6.07) is 0. The lowest BCUT2D eigenvalue weighted by Gasteiger charge is -1.63. The normalized spacial score (nSPS) is 34.3. The van der Waals surface area contributed by atoms with Crippen LogP contribution in [0, 0.1) is 5.41 Å². The van der Waals surface area contributed by atoms with Gasteiger partial charge in [-0.05, 0) is 24.7 Å². The first-order chi connectivity index (χ1) is 2.83. The SMILES string of the molecule is C=C1CC12CC2. The molecular weight excluding hydrogens is 72.1 g/mol. The Labute approximate surface area is 37.9 Å². The Balaban J connectivity index is 2.36. The monoisotopic (exact) mass is 80.1 g/mol. The van der Waals surface area contributed by atoms with Gasteiger partial charge in [-0.15, -0.1) is 0 Å². The first-order valence-electron chi connectivity index (χ1n) is 2.52. The van der Waals surface area contributed by atoms with Crippen molar-refractivity contribution in [2.24, 2.45) is 5.41 Å². The van der Waals surface area contributed by atoms with Crippen LogP contribution in [0.1, 0.15) is 19.3 Å². The first-order valence-corrected chi connectivity index (χ1v) is 2.52. The average molecular weight is 80.1 g/mol. The molecule has 0 aromatic rings. The van der Waals surface area contributed by atoms with Gasteiger partial charge in [0.15, 0.2) is 0 Å². The van der Waals surface area contributed by atoms with Crippen LogP contribution in [-0.4, -0.2) is 0 Å². The minimum Gasteiger partial charge on any atom is -0.0993 e. The molecule has 2 aliphatic rings. The molecule has 0 bridgehead atoms. The fraction of sp³-hybridized carbons (Fsp3) is 0.667. The van der Waals surface area contributed by atoms with E-state index >= 15 is 0 Å². The second-order valence-corrected chi connectivity index (χ2v) is 2.56. The van der Waals surface area contributed by atoms with E-state index in [1.165, 1.54) is 24.8 Å². The van der Waals surface area contributed by atoms with Crippen molar-refractivity contribution in [1.29, 1.82) is 0 Å². The summed E-state index contributed by atoms with van der Waals surface area (Å²) in [4.78, 5) is 0. The highest BCUT2D eigenvalue weighted by Crippen LogP contribution is 2.69. The van der Waals surface area contributed by atoms with Crippen LogP contribution in [0.25, 0.3) is 0 Å². The predicted octanol–water partition coefficient (Wildman–Crippen LogP) is 1.73. The largest absolute Gasteiger partial charge is 0.0993 e. The molecular formula is C6H8. The molecule has 2 rings (SSSR count). The molecule has 6 heavy (non-hydrogen) atoms. The third kappa shape index (κ3) is 0.149. The Morgan fingerprint density at radius 3 is 2.00 bits per heavy atom. The van der Waals surface area contributed by atoms with Crippen molar-refractivity contribution in [3.8, 4) is 0 Å². The van der Waals surface area contributed by atoms with Crippen LogP contribution < -0.4 is 0 Å². The summed E-state index contributed by atoms with van der Waals surface area (Å²) in [5, 5.41) is 0. The van der Waals surface area contributed by atoms with Crippen molar-refractivity contribution in [2.45, 2.75) is 19.3 Å². The van der Waals surface area contributed by atoms with Crippen LogP contribution >= 0.6 is 0 Å². The van der Waals surface area contributed by atoms with Crippen LogP contribution in [-0.2, 0) is 0 Å². The molecule has 2 fully saturated rings. The van der Waals surface area contributed by atoms with Crippen molar-refractivity contribution in [3.05, 3.63) is 12.2 Å². The van der Waals surface area contributed by atoms with E-state index in [4.69, 9.17) is 0 Å². The van der Waals surface area contributed by atoms with Crippen molar-refractivity contribution in [1.82, 2.24) is 0 Å². The van der Waals surface area contributed by atoms with Crippen LogP contribution in [0.5, 0.6) is 0 Å². The maximum absolute atomic E-state index is 3.88. The number of hydrogen-bond acceptors (Lipinski definition) is 0. The third-order valence-corrected chi connectivity index (χ3v) is 2.03. The minimum atomic E-state index is 0.764. The zero-order valence-corrected chi connectivity index (χ0v) is 3.83. The molecule has 2 aliphatic carbocycles. The van der Waals surface area contributed by atoms with Gasteiger partial charge in [-0.25, -0.2) is 0 Å². The molecule has 0 atom stereocenters. The molecule has 2 saturated carbocycles. The molecule has 0 nitrogen and oxygen atoms in total. The molecule has 0 heterocycles. The highest BCUT2D eigenvalue weighted by Gasteiger charge is 2.56. The second kappa shape index (κ2) is 0.481. The van der Waals surface area contributed by atoms with Gasteiger partial charge in [-0.3, -0.25) is 0 Å². The van der Waals surface area contributed by atoms with Gasteiger partial charge < -0.3 is 0 Å². The fourth-order valence-corrected chi connectivity index (χ4v) is 1.05. The number of hydrogen-bond donors (Lipinski definition) is 0. The topological polar surface area (TPSA) is 0 Å². The predicted molar refractivity (Wildman–Crippen MR) is 25.4 cm³/mol. The Morgan fingerprint density at radius 1 is 1.50 bits per heavy atom. The molecule has 0 heteroatoms. The Kier molecular flexibility index (Phi) is 0.228. The lowest BCUT2D eigenvalue weighted by atomic mass is 10.4. The Hall–Kier alpha value is -0.260. The van der Waals surface area contributed by atoms with E-state index in [9.17, 15) is 0 Å². The third-order valence-electron chi connectivity index (χ3n) is 2.03. The summed E-state index contributed by atoms with van der Waals surface area (Å²) < 4.78 is 0. The molecule has 0 saturated heterocycles. The van der Waals surface area contributed by atoms with Gasteiger partial charge in [0.25, 0.3) is 0 Å². The van der Waals surface area contributed by atoms with Crippen molar-refractivity contribution < 1.29 is 0 Å². The second-order valence-electron chi connectivity index (χ2n) is 2.56. The van der Waals surface area contributed by atoms with Crippen molar-refractivity contribution >= 4 is 0 Å².